The molecule has 186 valence electrons. The van der Waals surface area contributed by atoms with Gasteiger partial charge in [-0.25, -0.2) is 4.79 Å². The Hall–Kier alpha value is -3.95. The second-order valence-electron chi connectivity index (χ2n) is 7.54. The Morgan fingerprint density at radius 2 is 1.81 bits per heavy atom. The lowest BCUT2D eigenvalue weighted by molar-refractivity contribution is -0.139. The van der Waals surface area contributed by atoms with Crippen molar-refractivity contribution in [1.29, 1.82) is 0 Å². The van der Waals surface area contributed by atoms with Crippen molar-refractivity contribution in [2.75, 3.05) is 6.54 Å². The van der Waals surface area contributed by atoms with E-state index in [2.05, 4.69) is 15.6 Å². The molecule has 2 heterocycles. The van der Waals surface area contributed by atoms with E-state index in [1.165, 1.54) is 36.7 Å². The van der Waals surface area contributed by atoms with Crippen molar-refractivity contribution in [1.82, 2.24) is 15.6 Å². The van der Waals surface area contributed by atoms with Crippen LogP contribution in [0.15, 0.2) is 65.4 Å². The Morgan fingerprint density at radius 3 is 2.42 bits per heavy atom. The summed E-state index contributed by atoms with van der Waals surface area (Å²) in [5, 5.41) is 14.2. The lowest BCUT2D eigenvalue weighted by atomic mass is 10.0. The second kappa shape index (κ2) is 12.7. The quantitative estimate of drug-likeness (QED) is 0.321. The molecule has 3 aromatic rings. The fraction of sp³-hybridized carbons (Fsp3) is 0.160. The number of allylic oxidation sites excluding steroid dienone is 1. The van der Waals surface area contributed by atoms with E-state index in [-0.39, 0.29) is 33.5 Å². The molecule has 0 aliphatic carbocycles. The number of carboxylic acids is 1. The highest BCUT2D eigenvalue weighted by Crippen LogP contribution is 2.27. The van der Waals surface area contributed by atoms with Gasteiger partial charge in [0.1, 0.15) is 17.5 Å². The lowest BCUT2D eigenvalue weighted by Gasteiger charge is -2.17. The molecule has 0 saturated carbocycles. The summed E-state index contributed by atoms with van der Waals surface area (Å²) in [7, 11) is 0. The standard InChI is InChI=1S/C25H21Cl2N3O6/c26-18-12-15(6-7-16(31)8-9-17-4-3-11-36-17)13-19(27)22(18)24(33)30-21(25(34)35)14-29-23(32)20-5-1-2-10-28-20/h1-5,8-13,21H,6-7,14H2,(H,29,32)(H,30,33)(H,34,35)/b9-8+/t21-/m0/s1. The molecule has 3 rings (SSSR count). The van der Waals surface area contributed by atoms with Gasteiger partial charge in [0, 0.05) is 19.2 Å². The molecule has 2 aromatic heterocycles. The summed E-state index contributed by atoms with van der Waals surface area (Å²) < 4.78 is 5.13. The molecule has 0 saturated heterocycles. The Labute approximate surface area is 216 Å². The minimum Gasteiger partial charge on any atom is -0.480 e. The molecular weight excluding hydrogens is 509 g/mol. The van der Waals surface area contributed by atoms with Gasteiger partial charge in [0.05, 0.1) is 21.9 Å². The third-order valence-corrected chi connectivity index (χ3v) is 5.53. The maximum atomic E-state index is 12.8. The molecule has 9 nitrogen and oxygen atoms in total. The van der Waals surface area contributed by atoms with Gasteiger partial charge >= 0.3 is 5.97 Å². The average Bonchev–Trinajstić information content (AvgIpc) is 3.37. The summed E-state index contributed by atoms with van der Waals surface area (Å²) in [4.78, 5) is 52.5. The zero-order chi connectivity index (χ0) is 26.1. The first-order chi connectivity index (χ1) is 17.2. The van der Waals surface area contributed by atoms with Gasteiger partial charge in [0.2, 0.25) is 0 Å². The number of benzene rings is 1. The van der Waals surface area contributed by atoms with Gasteiger partial charge in [0.15, 0.2) is 5.78 Å². The van der Waals surface area contributed by atoms with Gasteiger partial charge in [-0.3, -0.25) is 19.4 Å². The highest BCUT2D eigenvalue weighted by atomic mass is 35.5. The first-order valence-corrected chi connectivity index (χ1v) is 11.5. The van der Waals surface area contributed by atoms with Crippen LogP contribution in [-0.2, 0) is 16.0 Å². The van der Waals surface area contributed by atoms with Crippen LogP contribution in [0.5, 0.6) is 0 Å². The summed E-state index contributed by atoms with van der Waals surface area (Å²) in [6.45, 7) is -0.391. The molecule has 11 heteroatoms. The van der Waals surface area contributed by atoms with Crippen LogP contribution in [0.4, 0.5) is 0 Å². The average molecular weight is 530 g/mol. The highest BCUT2D eigenvalue weighted by molar-refractivity contribution is 6.39. The molecule has 0 aliphatic rings. The molecule has 0 bridgehead atoms. The van der Waals surface area contributed by atoms with Crippen molar-refractivity contribution in [2.45, 2.75) is 18.9 Å². The van der Waals surface area contributed by atoms with Gasteiger partial charge in [-0.1, -0.05) is 29.3 Å². The topological polar surface area (TPSA) is 139 Å². The summed E-state index contributed by atoms with van der Waals surface area (Å²) in [6.07, 6.45) is 6.39. The van der Waals surface area contributed by atoms with E-state index >= 15 is 0 Å². The summed E-state index contributed by atoms with van der Waals surface area (Å²) in [5.74, 6) is -2.37. The molecular formula is C25H21Cl2N3O6. The van der Waals surface area contributed by atoms with Crippen molar-refractivity contribution >= 4 is 52.8 Å². The number of pyridine rings is 1. The van der Waals surface area contributed by atoms with E-state index < -0.39 is 30.4 Å². The molecule has 1 aromatic carbocycles. The number of nitrogens with one attached hydrogen (secondary N) is 2. The number of aromatic nitrogens is 1. The summed E-state index contributed by atoms with van der Waals surface area (Å²) >= 11 is 12.5. The van der Waals surface area contributed by atoms with Crippen molar-refractivity contribution in [3.8, 4) is 0 Å². The molecule has 0 unspecified atom stereocenters. The predicted molar refractivity (Wildman–Crippen MR) is 133 cm³/mol. The van der Waals surface area contributed by atoms with Crippen LogP contribution in [0.3, 0.4) is 0 Å². The Kier molecular flexibility index (Phi) is 9.38. The fourth-order valence-corrected chi connectivity index (χ4v) is 3.82. The van der Waals surface area contributed by atoms with Gasteiger partial charge in [0.25, 0.3) is 11.8 Å². The zero-order valence-electron chi connectivity index (χ0n) is 18.7. The van der Waals surface area contributed by atoms with Crippen LogP contribution in [0.25, 0.3) is 6.08 Å². The van der Waals surface area contributed by atoms with Crippen molar-refractivity contribution in [3.05, 3.63) is 93.6 Å². The zero-order valence-corrected chi connectivity index (χ0v) is 20.3. The summed E-state index contributed by atoms with van der Waals surface area (Å²) in [5.41, 5.74) is 0.608. The molecule has 2 amide bonds. The van der Waals surface area contributed by atoms with Crippen LogP contribution < -0.4 is 10.6 Å². The number of hydrogen-bond donors (Lipinski definition) is 3. The summed E-state index contributed by atoms with van der Waals surface area (Å²) in [6, 6.07) is 9.67. The number of ketones is 1. The van der Waals surface area contributed by atoms with E-state index in [4.69, 9.17) is 27.6 Å². The third-order valence-electron chi connectivity index (χ3n) is 4.93. The first kappa shape index (κ1) is 26.7. The van der Waals surface area contributed by atoms with E-state index in [9.17, 15) is 24.3 Å². The molecule has 0 spiro atoms. The van der Waals surface area contributed by atoms with E-state index in [0.29, 0.717) is 17.7 Å². The minimum absolute atomic E-state index is 0.00441. The molecule has 36 heavy (non-hydrogen) atoms. The normalized spacial score (nSPS) is 11.7. The third kappa shape index (κ3) is 7.53. The van der Waals surface area contributed by atoms with Crippen LogP contribution in [0, 0.1) is 0 Å². The van der Waals surface area contributed by atoms with Gasteiger partial charge in [-0.05, 0) is 60.5 Å². The van der Waals surface area contributed by atoms with Crippen LogP contribution in [0.2, 0.25) is 10.0 Å². The van der Waals surface area contributed by atoms with Gasteiger partial charge in [-0.15, -0.1) is 0 Å². The molecule has 0 aliphatic heterocycles. The number of furan rings is 1. The number of halogens is 2. The number of amides is 2. The van der Waals surface area contributed by atoms with Crippen molar-refractivity contribution < 1.29 is 28.7 Å². The van der Waals surface area contributed by atoms with Crippen molar-refractivity contribution in [2.24, 2.45) is 0 Å². The second-order valence-corrected chi connectivity index (χ2v) is 8.35. The van der Waals surface area contributed by atoms with Crippen molar-refractivity contribution in [3.63, 3.8) is 0 Å². The number of aliphatic carboxylic acids is 1. The fourth-order valence-electron chi connectivity index (χ4n) is 3.11. The lowest BCUT2D eigenvalue weighted by Crippen LogP contribution is -2.48. The Bertz CT molecular complexity index is 1250. The molecule has 3 N–H and O–H groups in total. The molecule has 0 radical (unpaired) electrons. The van der Waals surface area contributed by atoms with E-state index in [1.807, 2.05) is 0 Å². The molecule has 0 fully saturated rings. The maximum absolute atomic E-state index is 12.8. The van der Waals surface area contributed by atoms with Crippen LogP contribution in [0.1, 0.15) is 38.6 Å². The number of hydrogen-bond acceptors (Lipinski definition) is 6. The minimum atomic E-state index is -1.45. The number of carboxylic acid groups (broad SMARTS) is 1. The van der Waals surface area contributed by atoms with E-state index in [0.717, 1.165) is 0 Å². The van der Waals surface area contributed by atoms with E-state index in [1.54, 1.807) is 30.3 Å². The number of rotatable bonds is 11. The number of nitrogens with zero attached hydrogens (tertiary/aromatic N) is 1. The predicted octanol–water partition coefficient (Wildman–Crippen LogP) is 3.81. The van der Waals surface area contributed by atoms with Gasteiger partial charge in [-0.2, -0.15) is 0 Å². The Balaban J connectivity index is 1.60. The smallest absolute Gasteiger partial charge is 0.328 e. The monoisotopic (exact) mass is 529 g/mol. The largest absolute Gasteiger partial charge is 0.480 e. The number of carbonyl (C=O) groups is 4. The van der Waals surface area contributed by atoms with Crippen LogP contribution in [-0.4, -0.2) is 46.2 Å². The highest BCUT2D eigenvalue weighted by Gasteiger charge is 2.25. The Morgan fingerprint density at radius 1 is 1.06 bits per heavy atom. The SMILES string of the molecule is O=C(/C=C/c1ccco1)CCc1cc(Cl)c(C(=O)N[C@@H](CNC(=O)c2ccccn2)C(=O)O)c(Cl)c1. The number of carbonyl (C=O) groups excluding carboxylic acids is 3. The van der Waals surface area contributed by atoms with Gasteiger partial charge < -0.3 is 20.2 Å². The maximum Gasteiger partial charge on any atom is 0.328 e. The molecule has 1 atom stereocenters. The first-order valence-electron chi connectivity index (χ1n) is 10.7. The van der Waals surface area contributed by atoms with Crippen LogP contribution >= 0.6 is 23.2 Å². The number of aryl methyl sites for hydroxylation is 1.